The third kappa shape index (κ3) is 7.11. The van der Waals surface area contributed by atoms with Crippen molar-refractivity contribution in [3.05, 3.63) is 64.7 Å². The largest absolute Gasteiger partial charge is 0.444 e. The van der Waals surface area contributed by atoms with E-state index in [4.69, 9.17) is 4.74 Å². The first-order valence-electron chi connectivity index (χ1n) is 10.5. The van der Waals surface area contributed by atoms with Gasteiger partial charge in [-0.15, -0.1) is 0 Å². The predicted molar refractivity (Wildman–Crippen MR) is 125 cm³/mol. The van der Waals surface area contributed by atoms with E-state index in [1.807, 2.05) is 63.2 Å². The number of hydrogen-bond donors (Lipinski definition) is 2. The Hall–Kier alpha value is -3.35. The van der Waals surface area contributed by atoms with Crippen LogP contribution >= 0.6 is 0 Å². The van der Waals surface area contributed by atoms with Gasteiger partial charge in [-0.1, -0.05) is 47.5 Å². The van der Waals surface area contributed by atoms with Crippen molar-refractivity contribution in [3.63, 3.8) is 0 Å². The molecule has 1 atom stereocenters. The van der Waals surface area contributed by atoms with E-state index in [1.165, 1.54) is 4.90 Å². The monoisotopic (exact) mass is 439 g/mol. The smallest absolute Gasteiger partial charge is 0.408 e. The molecule has 0 radical (unpaired) electrons. The molecule has 0 bridgehead atoms. The molecule has 0 fully saturated rings. The normalized spacial score (nSPS) is 12.0. The molecule has 0 aromatic heterocycles. The number of para-hydroxylation sites is 1. The van der Waals surface area contributed by atoms with Crippen molar-refractivity contribution in [2.45, 2.75) is 53.2 Å². The summed E-state index contributed by atoms with van der Waals surface area (Å²) < 4.78 is 5.18. The number of likely N-dealkylation sites (N-methyl/N-ethyl adjacent to an activating group) is 1. The molecule has 172 valence electrons. The highest BCUT2D eigenvalue weighted by atomic mass is 16.6. The summed E-state index contributed by atoms with van der Waals surface area (Å²) >= 11 is 0. The standard InChI is InChI=1S/C25H33N3O4/c1-16-12-17(2)14-19(13-16)22(23(30)27-20-11-9-8-10-18(20)3)28(7)21(29)15-26-24(31)32-25(4,5)6/h8-14,22H,15H2,1-7H3,(H,26,31)(H,27,30). The van der Waals surface area contributed by atoms with Crippen LogP contribution in [0.2, 0.25) is 0 Å². The third-order valence-electron chi connectivity index (χ3n) is 4.77. The maximum Gasteiger partial charge on any atom is 0.408 e. The number of hydrogen-bond acceptors (Lipinski definition) is 4. The Morgan fingerprint density at radius 3 is 2.16 bits per heavy atom. The van der Waals surface area contributed by atoms with Crippen LogP contribution in [-0.2, 0) is 14.3 Å². The van der Waals surface area contributed by atoms with E-state index in [1.54, 1.807) is 27.8 Å². The second-order valence-electron chi connectivity index (χ2n) is 8.99. The minimum atomic E-state index is -0.874. The van der Waals surface area contributed by atoms with E-state index in [2.05, 4.69) is 10.6 Å². The van der Waals surface area contributed by atoms with Crippen molar-refractivity contribution in [2.24, 2.45) is 0 Å². The van der Waals surface area contributed by atoms with Gasteiger partial charge in [0.1, 0.15) is 18.2 Å². The second-order valence-corrected chi connectivity index (χ2v) is 8.99. The van der Waals surface area contributed by atoms with Gasteiger partial charge in [-0.3, -0.25) is 9.59 Å². The number of benzene rings is 2. The Balaban J connectivity index is 2.27. The number of amides is 3. The Morgan fingerprint density at radius 1 is 1.00 bits per heavy atom. The van der Waals surface area contributed by atoms with Crippen LogP contribution in [-0.4, -0.2) is 42.0 Å². The predicted octanol–water partition coefficient (Wildman–Crippen LogP) is 4.27. The molecule has 0 aliphatic heterocycles. The fourth-order valence-electron chi connectivity index (χ4n) is 3.36. The van der Waals surface area contributed by atoms with Gasteiger partial charge in [0, 0.05) is 12.7 Å². The third-order valence-corrected chi connectivity index (χ3v) is 4.77. The molecule has 7 heteroatoms. The molecule has 32 heavy (non-hydrogen) atoms. The number of anilines is 1. The highest BCUT2D eigenvalue weighted by Crippen LogP contribution is 2.25. The van der Waals surface area contributed by atoms with Crippen molar-refractivity contribution in [2.75, 3.05) is 18.9 Å². The van der Waals surface area contributed by atoms with E-state index >= 15 is 0 Å². The van der Waals surface area contributed by atoms with E-state index in [9.17, 15) is 14.4 Å². The Labute approximate surface area is 190 Å². The summed E-state index contributed by atoms with van der Waals surface area (Å²) in [5.74, 6) is -0.752. The first-order valence-corrected chi connectivity index (χ1v) is 10.5. The SMILES string of the molecule is Cc1cc(C)cc(C(C(=O)Nc2ccccc2C)N(C)C(=O)CNC(=O)OC(C)(C)C)c1. The van der Waals surface area contributed by atoms with Crippen LogP contribution in [0.4, 0.5) is 10.5 Å². The summed E-state index contributed by atoms with van der Waals surface area (Å²) in [5, 5.41) is 5.40. The summed E-state index contributed by atoms with van der Waals surface area (Å²) in [6, 6.07) is 12.4. The zero-order valence-corrected chi connectivity index (χ0v) is 19.9. The average Bonchev–Trinajstić information content (AvgIpc) is 2.66. The van der Waals surface area contributed by atoms with Gasteiger partial charge >= 0.3 is 6.09 Å². The molecule has 0 saturated carbocycles. The van der Waals surface area contributed by atoms with Crippen molar-refractivity contribution in [1.82, 2.24) is 10.2 Å². The lowest BCUT2D eigenvalue weighted by atomic mass is 9.99. The molecule has 0 aliphatic rings. The minimum absolute atomic E-state index is 0.287. The van der Waals surface area contributed by atoms with Gasteiger partial charge in [0.25, 0.3) is 5.91 Å². The van der Waals surface area contributed by atoms with Gasteiger partial charge in [-0.05, 0) is 58.7 Å². The van der Waals surface area contributed by atoms with E-state index in [0.717, 1.165) is 16.7 Å². The maximum absolute atomic E-state index is 13.3. The molecule has 3 amide bonds. The zero-order valence-electron chi connectivity index (χ0n) is 19.9. The first-order chi connectivity index (χ1) is 14.9. The van der Waals surface area contributed by atoms with Gasteiger partial charge in [-0.2, -0.15) is 0 Å². The van der Waals surface area contributed by atoms with Gasteiger partial charge in [0.15, 0.2) is 0 Å². The van der Waals surface area contributed by atoms with Crippen LogP contribution in [0.5, 0.6) is 0 Å². The number of nitrogens with one attached hydrogen (secondary N) is 2. The molecule has 0 saturated heterocycles. The van der Waals surface area contributed by atoms with Gasteiger partial charge in [0.05, 0.1) is 0 Å². The van der Waals surface area contributed by atoms with Crippen LogP contribution in [0.15, 0.2) is 42.5 Å². The molecule has 2 aromatic carbocycles. The Morgan fingerprint density at radius 2 is 1.59 bits per heavy atom. The zero-order chi connectivity index (χ0) is 24.1. The number of carbonyl (C=O) groups is 3. The van der Waals surface area contributed by atoms with Crippen molar-refractivity contribution < 1.29 is 19.1 Å². The molecule has 0 heterocycles. The molecular weight excluding hydrogens is 406 g/mol. The highest BCUT2D eigenvalue weighted by molar-refractivity contribution is 5.98. The summed E-state index contributed by atoms with van der Waals surface area (Å²) in [7, 11) is 1.55. The summed E-state index contributed by atoms with van der Waals surface area (Å²) in [5.41, 5.74) is 3.60. The van der Waals surface area contributed by atoms with E-state index in [-0.39, 0.29) is 12.5 Å². The number of ether oxygens (including phenoxy) is 1. The van der Waals surface area contributed by atoms with Crippen molar-refractivity contribution >= 4 is 23.6 Å². The summed E-state index contributed by atoms with van der Waals surface area (Å²) in [6.07, 6.45) is -0.688. The Kier molecular flexibility index (Phi) is 8.02. The van der Waals surface area contributed by atoms with Crippen molar-refractivity contribution in [3.8, 4) is 0 Å². The van der Waals surface area contributed by atoms with Crippen LogP contribution in [0, 0.1) is 20.8 Å². The Bertz CT molecular complexity index is 975. The molecule has 0 aliphatic carbocycles. The lowest BCUT2D eigenvalue weighted by Gasteiger charge is -2.29. The first kappa shape index (κ1) is 24.9. The van der Waals surface area contributed by atoms with E-state index in [0.29, 0.717) is 11.3 Å². The molecule has 2 rings (SSSR count). The van der Waals surface area contributed by atoms with Crippen molar-refractivity contribution in [1.29, 1.82) is 0 Å². The lowest BCUT2D eigenvalue weighted by molar-refractivity contribution is -0.136. The maximum atomic E-state index is 13.3. The van der Waals surface area contributed by atoms with Crippen LogP contribution in [0.1, 0.15) is 49.1 Å². The molecule has 0 spiro atoms. The van der Waals surface area contributed by atoms with Crippen LogP contribution in [0.25, 0.3) is 0 Å². The molecular formula is C25H33N3O4. The van der Waals surface area contributed by atoms with E-state index < -0.39 is 23.6 Å². The summed E-state index contributed by atoms with van der Waals surface area (Å²) in [4.78, 5) is 39.5. The highest BCUT2D eigenvalue weighted by Gasteiger charge is 2.30. The second kappa shape index (κ2) is 10.3. The number of carbonyl (C=O) groups excluding carboxylic acids is 3. The fraction of sp³-hybridized carbons (Fsp3) is 0.400. The minimum Gasteiger partial charge on any atom is -0.444 e. The topological polar surface area (TPSA) is 87.7 Å². The number of nitrogens with zero attached hydrogens (tertiary/aromatic N) is 1. The average molecular weight is 440 g/mol. The van der Waals surface area contributed by atoms with Gasteiger partial charge < -0.3 is 20.3 Å². The quantitative estimate of drug-likeness (QED) is 0.703. The molecule has 2 aromatic rings. The number of rotatable bonds is 6. The molecule has 2 N–H and O–H groups in total. The van der Waals surface area contributed by atoms with Gasteiger partial charge in [0.2, 0.25) is 5.91 Å². The van der Waals surface area contributed by atoms with Crippen LogP contribution in [0.3, 0.4) is 0 Å². The number of alkyl carbamates (subject to hydrolysis) is 1. The summed E-state index contributed by atoms with van der Waals surface area (Å²) in [6.45, 7) is 10.7. The fourth-order valence-corrected chi connectivity index (χ4v) is 3.36. The molecule has 1 unspecified atom stereocenters. The number of aryl methyl sites for hydroxylation is 3. The molecule has 7 nitrogen and oxygen atoms in total. The van der Waals surface area contributed by atoms with Crippen LogP contribution < -0.4 is 10.6 Å². The lowest BCUT2D eigenvalue weighted by Crippen LogP contribution is -2.44. The van der Waals surface area contributed by atoms with Gasteiger partial charge in [-0.25, -0.2) is 4.79 Å².